The van der Waals surface area contributed by atoms with Crippen LogP contribution in [-0.2, 0) is 6.54 Å². The summed E-state index contributed by atoms with van der Waals surface area (Å²) in [6.07, 6.45) is 2.55. The van der Waals surface area contributed by atoms with Crippen LogP contribution in [0.5, 0.6) is 0 Å². The molecule has 2 aromatic rings. The Morgan fingerprint density at radius 2 is 2.20 bits per heavy atom. The molecular formula is C15H16N2O2S. The average molecular weight is 288 g/mol. The van der Waals surface area contributed by atoms with E-state index in [0.29, 0.717) is 6.54 Å². The van der Waals surface area contributed by atoms with E-state index in [4.69, 9.17) is 4.42 Å². The van der Waals surface area contributed by atoms with E-state index in [1.165, 1.54) is 10.5 Å². The van der Waals surface area contributed by atoms with Crippen molar-refractivity contribution in [3.8, 4) is 0 Å². The molecule has 104 valence electrons. The van der Waals surface area contributed by atoms with Crippen molar-refractivity contribution >= 4 is 17.8 Å². The van der Waals surface area contributed by atoms with E-state index in [1.54, 1.807) is 6.26 Å². The summed E-state index contributed by atoms with van der Waals surface area (Å²) in [5, 5.41) is 5.85. The van der Waals surface area contributed by atoms with Gasteiger partial charge < -0.3 is 15.1 Å². The molecule has 4 nitrogen and oxygen atoms in total. The van der Waals surface area contributed by atoms with E-state index in [9.17, 15) is 4.79 Å². The lowest BCUT2D eigenvalue weighted by Crippen LogP contribution is -2.38. The first kappa shape index (κ1) is 13.1. The van der Waals surface area contributed by atoms with Gasteiger partial charge in [-0.3, -0.25) is 0 Å². The second kappa shape index (κ2) is 6.05. The van der Waals surface area contributed by atoms with Crippen LogP contribution in [0.2, 0.25) is 0 Å². The Kier molecular flexibility index (Phi) is 3.97. The van der Waals surface area contributed by atoms with Crippen LogP contribution in [0.25, 0.3) is 0 Å². The van der Waals surface area contributed by atoms with Crippen LogP contribution in [0.1, 0.15) is 23.8 Å². The molecule has 2 heterocycles. The van der Waals surface area contributed by atoms with Gasteiger partial charge in [-0.15, -0.1) is 11.8 Å². The summed E-state index contributed by atoms with van der Waals surface area (Å²) >= 11 is 1.84. The standard InChI is InChI=1S/C15H16N2O2S/c18-15(16-10-11-4-3-8-19-11)17-13-7-9-20-14-6-2-1-5-12(13)14/h1-6,8,13H,7,9-10H2,(H2,16,17,18)/t13-/m0/s1. The van der Waals surface area contributed by atoms with Crippen LogP contribution >= 0.6 is 11.8 Å². The first-order chi connectivity index (χ1) is 9.83. The average Bonchev–Trinajstić information content (AvgIpc) is 2.99. The molecule has 0 unspecified atom stereocenters. The number of fused-ring (bicyclic) bond motifs is 1. The minimum atomic E-state index is -0.159. The molecule has 0 bridgehead atoms. The van der Waals surface area contributed by atoms with Crippen LogP contribution in [-0.4, -0.2) is 11.8 Å². The number of amides is 2. The molecule has 0 saturated carbocycles. The summed E-state index contributed by atoms with van der Waals surface area (Å²) in [6, 6.07) is 11.8. The van der Waals surface area contributed by atoms with Crippen LogP contribution in [0.4, 0.5) is 4.79 Å². The first-order valence-corrected chi connectivity index (χ1v) is 7.60. The largest absolute Gasteiger partial charge is 0.467 e. The number of carbonyl (C=O) groups excluding carboxylic acids is 1. The van der Waals surface area contributed by atoms with Gasteiger partial charge in [0, 0.05) is 10.6 Å². The molecule has 0 saturated heterocycles. The smallest absolute Gasteiger partial charge is 0.315 e. The normalized spacial score (nSPS) is 17.3. The third-order valence-corrected chi connectivity index (χ3v) is 4.39. The number of nitrogens with one attached hydrogen (secondary N) is 2. The van der Waals surface area contributed by atoms with E-state index in [-0.39, 0.29) is 12.1 Å². The topological polar surface area (TPSA) is 54.3 Å². The molecule has 5 heteroatoms. The van der Waals surface area contributed by atoms with Crippen molar-refractivity contribution in [2.45, 2.75) is 23.9 Å². The number of carbonyl (C=O) groups is 1. The van der Waals surface area contributed by atoms with Crippen LogP contribution in [0.15, 0.2) is 52.0 Å². The Labute approximate surface area is 121 Å². The molecule has 3 rings (SSSR count). The highest BCUT2D eigenvalue weighted by Crippen LogP contribution is 2.35. The quantitative estimate of drug-likeness (QED) is 0.911. The van der Waals surface area contributed by atoms with E-state index in [0.717, 1.165) is 17.9 Å². The fourth-order valence-corrected chi connectivity index (χ4v) is 3.41. The van der Waals surface area contributed by atoms with Crippen molar-refractivity contribution in [2.75, 3.05) is 5.75 Å². The predicted molar refractivity (Wildman–Crippen MR) is 78.6 cm³/mol. The predicted octanol–water partition coefficient (Wildman–Crippen LogP) is 3.32. The zero-order valence-electron chi connectivity index (χ0n) is 11.0. The Morgan fingerprint density at radius 3 is 3.05 bits per heavy atom. The van der Waals surface area contributed by atoms with Crippen molar-refractivity contribution in [3.05, 3.63) is 54.0 Å². The Balaban J connectivity index is 1.59. The molecule has 1 aromatic heterocycles. The molecule has 0 fully saturated rings. The zero-order valence-corrected chi connectivity index (χ0v) is 11.8. The lowest BCUT2D eigenvalue weighted by molar-refractivity contribution is 0.235. The highest BCUT2D eigenvalue weighted by molar-refractivity contribution is 7.99. The summed E-state index contributed by atoms with van der Waals surface area (Å²) in [4.78, 5) is 13.2. The fourth-order valence-electron chi connectivity index (χ4n) is 2.28. The Morgan fingerprint density at radius 1 is 1.30 bits per heavy atom. The molecule has 1 aliphatic heterocycles. The van der Waals surface area contributed by atoms with Crippen molar-refractivity contribution in [2.24, 2.45) is 0 Å². The maximum atomic E-state index is 11.9. The third kappa shape index (κ3) is 2.99. The van der Waals surface area contributed by atoms with Gasteiger partial charge in [0.1, 0.15) is 5.76 Å². The minimum absolute atomic E-state index is 0.0871. The molecule has 1 atom stereocenters. The second-order valence-corrected chi connectivity index (χ2v) is 5.77. The number of furan rings is 1. The minimum Gasteiger partial charge on any atom is -0.467 e. The van der Waals surface area contributed by atoms with Crippen molar-refractivity contribution in [1.82, 2.24) is 10.6 Å². The van der Waals surface area contributed by atoms with Crippen LogP contribution < -0.4 is 10.6 Å². The van der Waals surface area contributed by atoms with Crippen LogP contribution in [0, 0.1) is 0 Å². The van der Waals surface area contributed by atoms with Gasteiger partial charge in [-0.05, 0) is 30.2 Å². The SMILES string of the molecule is O=C(NCc1ccco1)N[C@H]1CCSc2ccccc21. The lowest BCUT2D eigenvalue weighted by atomic mass is 10.0. The lowest BCUT2D eigenvalue weighted by Gasteiger charge is -2.25. The summed E-state index contributed by atoms with van der Waals surface area (Å²) in [7, 11) is 0. The number of urea groups is 1. The number of benzene rings is 1. The van der Waals surface area contributed by atoms with Gasteiger partial charge in [-0.1, -0.05) is 18.2 Å². The van der Waals surface area contributed by atoms with E-state index >= 15 is 0 Å². The molecule has 1 aromatic carbocycles. The van der Waals surface area contributed by atoms with Gasteiger partial charge >= 0.3 is 6.03 Å². The van der Waals surface area contributed by atoms with Gasteiger partial charge in [0.05, 0.1) is 18.8 Å². The molecule has 0 spiro atoms. The highest BCUT2D eigenvalue weighted by atomic mass is 32.2. The number of rotatable bonds is 3. The highest BCUT2D eigenvalue weighted by Gasteiger charge is 2.21. The van der Waals surface area contributed by atoms with Gasteiger partial charge in [0.15, 0.2) is 0 Å². The van der Waals surface area contributed by atoms with Crippen molar-refractivity contribution in [1.29, 1.82) is 0 Å². The molecule has 0 radical (unpaired) electrons. The maximum Gasteiger partial charge on any atom is 0.315 e. The number of hydrogen-bond donors (Lipinski definition) is 2. The molecule has 20 heavy (non-hydrogen) atoms. The Hall–Kier alpha value is -1.88. The van der Waals surface area contributed by atoms with E-state index < -0.39 is 0 Å². The van der Waals surface area contributed by atoms with Gasteiger partial charge in [-0.25, -0.2) is 4.79 Å². The molecule has 2 amide bonds. The first-order valence-electron chi connectivity index (χ1n) is 6.61. The number of thioether (sulfide) groups is 1. The van der Waals surface area contributed by atoms with Crippen LogP contribution in [0.3, 0.4) is 0 Å². The van der Waals surface area contributed by atoms with E-state index in [2.05, 4.69) is 22.8 Å². The van der Waals surface area contributed by atoms with Crippen molar-refractivity contribution in [3.63, 3.8) is 0 Å². The second-order valence-electron chi connectivity index (χ2n) is 4.63. The summed E-state index contributed by atoms with van der Waals surface area (Å²) in [5.41, 5.74) is 1.21. The monoisotopic (exact) mass is 288 g/mol. The third-order valence-electron chi connectivity index (χ3n) is 3.27. The van der Waals surface area contributed by atoms with Gasteiger partial charge in [0.25, 0.3) is 0 Å². The molecular weight excluding hydrogens is 272 g/mol. The number of hydrogen-bond acceptors (Lipinski definition) is 3. The molecule has 0 aliphatic carbocycles. The van der Waals surface area contributed by atoms with Crippen molar-refractivity contribution < 1.29 is 9.21 Å². The van der Waals surface area contributed by atoms with Gasteiger partial charge in [-0.2, -0.15) is 0 Å². The Bertz CT molecular complexity index is 583. The zero-order chi connectivity index (χ0) is 13.8. The summed E-state index contributed by atoms with van der Waals surface area (Å²) in [6.45, 7) is 0.405. The summed E-state index contributed by atoms with van der Waals surface area (Å²) < 4.78 is 5.18. The summed E-state index contributed by atoms with van der Waals surface area (Å²) in [5.74, 6) is 1.78. The molecule has 1 aliphatic rings. The maximum absolute atomic E-state index is 11.9. The van der Waals surface area contributed by atoms with E-state index in [1.807, 2.05) is 36.0 Å². The molecule has 2 N–H and O–H groups in total. The van der Waals surface area contributed by atoms with Gasteiger partial charge in [0.2, 0.25) is 0 Å². The fraction of sp³-hybridized carbons (Fsp3) is 0.267.